The molecule has 0 saturated carbocycles. The maximum atomic E-state index is 5.96. The molecule has 0 aliphatic carbocycles. The number of rotatable bonds is 4. The molecule has 0 spiro atoms. The molecule has 1 N–H and O–H groups in total. The van der Waals surface area contributed by atoms with E-state index < -0.39 is 0 Å². The van der Waals surface area contributed by atoms with Gasteiger partial charge in [-0.3, -0.25) is 0 Å². The minimum Gasteiger partial charge on any atom is -0.360 e. The Morgan fingerprint density at radius 3 is 2.90 bits per heavy atom. The summed E-state index contributed by atoms with van der Waals surface area (Å²) in [6.07, 6.45) is 0.959. The number of thiophene rings is 1. The number of halogens is 1. The molecule has 0 amide bonds. The van der Waals surface area contributed by atoms with Crippen molar-refractivity contribution in [1.29, 1.82) is 0 Å². The van der Waals surface area contributed by atoms with Crippen LogP contribution < -0.4 is 5.32 Å². The quantitative estimate of drug-likeness (QED) is 0.746. The minimum absolute atomic E-state index is 0.228. The summed E-state index contributed by atoms with van der Waals surface area (Å²) in [5.41, 5.74) is 0. The maximum absolute atomic E-state index is 5.96. The smallest absolute Gasteiger partial charge is 0.245 e. The second-order valence-electron chi connectivity index (χ2n) is 4.22. The Kier molecular flexibility index (Phi) is 3.54. The first kappa shape index (κ1) is 13.3. The molecule has 0 aliphatic heterocycles. The highest BCUT2D eigenvalue weighted by molar-refractivity contribution is 7.18. The summed E-state index contributed by atoms with van der Waals surface area (Å²) in [5.74, 6) is 1.81. The van der Waals surface area contributed by atoms with Crippen LogP contribution in [0.5, 0.6) is 0 Å². The van der Waals surface area contributed by atoms with Crippen molar-refractivity contribution in [3.05, 3.63) is 27.9 Å². The molecule has 0 aliphatic rings. The van der Waals surface area contributed by atoms with Crippen molar-refractivity contribution >= 4 is 39.0 Å². The van der Waals surface area contributed by atoms with E-state index in [1.54, 1.807) is 18.3 Å². The van der Waals surface area contributed by atoms with E-state index in [4.69, 9.17) is 16.1 Å². The highest BCUT2D eigenvalue weighted by Gasteiger charge is 2.11. The van der Waals surface area contributed by atoms with Gasteiger partial charge < -0.3 is 9.84 Å². The second-order valence-corrected chi connectivity index (χ2v) is 5.67. The molecule has 3 rings (SSSR count). The molecule has 3 aromatic rings. The molecule has 3 aromatic heterocycles. The average Bonchev–Trinajstić information content (AvgIpc) is 3.01. The lowest BCUT2D eigenvalue weighted by molar-refractivity contribution is 0.379. The van der Waals surface area contributed by atoms with Gasteiger partial charge in [-0.1, -0.05) is 12.1 Å². The van der Waals surface area contributed by atoms with Crippen LogP contribution in [0.25, 0.3) is 10.2 Å². The van der Waals surface area contributed by atoms with Crippen LogP contribution in [0.15, 0.2) is 10.6 Å². The van der Waals surface area contributed by atoms with Crippen LogP contribution >= 0.6 is 22.9 Å². The van der Waals surface area contributed by atoms with Gasteiger partial charge in [-0.15, -0.1) is 11.3 Å². The third-order valence-electron chi connectivity index (χ3n) is 2.74. The van der Waals surface area contributed by atoms with Gasteiger partial charge >= 0.3 is 0 Å². The van der Waals surface area contributed by atoms with Gasteiger partial charge in [0.15, 0.2) is 5.82 Å². The second kappa shape index (κ2) is 5.34. The largest absolute Gasteiger partial charge is 0.360 e. The lowest BCUT2D eigenvalue weighted by atomic mass is 10.3. The third kappa shape index (κ3) is 2.59. The molecule has 0 bridgehead atoms. The number of hydrogen-bond donors (Lipinski definition) is 1. The minimum atomic E-state index is 0.228. The monoisotopic (exact) mass is 309 g/mol. The highest BCUT2D eigenvalue weighted by Crippen LogP contribution is 2.30. The molecule has 0 atom stereocenters. The van der Waals surface area contributed by atoms with Crippen LogP contribution in [0.1, 0.15) is 23.5 Å². The third-order valence-corrected chi connectivity index (χ3v) is 4.08. The Morgan fingerprint density at radius 1 is 1.35 bits per heavy atom. The first-order valence-electron chi connectivity index (χ1n) is 6.14. The number of anilines is 1. The zero-order valence-electron chi connectivity index (χ0n) is 11.0. The molecule has 3 heterocycles. The summed E-state index contributed by atoms with van der Waals surface area (Å²) in [7, 11) is 0. The molecule has 6 nitrogen and oxygen atoms in total. The first-order valence-corrected chi connectivity index (χ1v) is 7.34. The van der Waals surface area contributed by atoms with Crippen LogP contribution in [-0.2, 0) is 13.0 Å². The molecule has 0 saturated heterocycles. The fourth-order valence-corrected chi connectivity index (χ4v) is 3.01. The average molecular weight is 310 g/mol. The predicted molar refractivity (Wildman–Crippen MR) is 78.2 cm³/mol. The summed E-state index contributed by atoms with van der Waals surface area (Å²) in [6.45, 7) is 4.29. The number of fused-ring (bicyclic) bond motifs is 1. The van der Waals surface area contributed by atoms with E-state index in [0.717, 1.165) is 16.6 Å². The molecule has 0 radical (unpaired) electrons. The summed E-state index contributed by atoms with van der Waals surface area (Å²) < 4.78 is 5.06. The van der Waals surface area contributed by atoms with Crippen molar-refractivity contribution in [2.45, 2.75) is 26.8 Å². The Labute approximate surface area is 124 Å². The van der Waals surface area contributed by atoms with Crippen LogP contribution in [0, 0.1) is 6.92 Å². The Balaban J connectivity index is 1.91. The Hall–Kier alpha value is -1.73. The van der Waals surface area contributed by atoms with Gasteiger partial charge in [0.25, 0.3) is 0 Å². The van der Waals surface area contributed by atoms with Crippen molar-refractivity contribution in [2.75, 3.05) is 5.32 Å². The van der Waals surface area contributed by atoms with E-state index in [1.807, 2.05) is 0 Å². The van der Waals surface area contributed by atoms with E-state index in [0.29, 0.717) is 24.1 Å². The topological polar surface area (TPSA) is 76.7 Å². The van der Waals surface area contributed by atoms with Gasteiger partial charge in [-0.2, -0.15) is 4.98 Å². The van der Waals surface area contributed by atoms with Gasteiger partial charge in [-0.05, 0) is 31.0 Å². The fourth-order valence-electron chi connectivity index (χ4n) is 1.83. The van der Waals surface area contributed by atoms with Gasteiger partial charge in [0.2, 0.25) is 11.2 Å². The number of hydrogen-bond acceptors (Lipinski definition) is 7. The van der Waals surface area contributed by atoms with Crippen molar-refractivity contribution in [2.24, 2.45) is 0 Å². The van der Waals surface area contributed by atoms with Gasteiger partial charge in [0, 0.05) is 4.88 Å². The van der Waals surface area contributed by atoms with Gasteiger partial charge in [0.05, 0.1) is 11.9 Å². The number of nitrogens with zero attached hydrogens (tertiary/aromatic N) is 4. The van der Waals surface area contributed by atoms with Gasteiger partial charge in [0.1, 0.15) is 10.6 Å². The zero-order valence-corrected chi connectivity index (χ0v) is 12.5. The normalized spacial score (nSPS) is 11.2. The van der Waals surface area contributed by atoms with E-state index >= 15 is 0 Å². The molecule has 0 unspecified atom stereocenters. The molecular formula is C12H12ClN5OS. The summed E-state index contributed by atoms with van der Waals surface area (Å²) >= 11 is 7.58. The van der Waals surface area contributed by atoms with E-state index in [1.165, 1.54) is 4.88 Å². The van der Waals surface area contributed by atoms with Crippen LogP contribution in [0.3, 0.4) is 0 Å². The Morgan fingerprint density at radius 2 is 2.20 bits per heavy atom. The van der Waals surface area contributed by atoms with Crippen molar-refractivity contribution < 1.29 is 4.52 Å². The van der Waals surface area contributed by atoms with Crippen LogP contribution in [0.4, 0.5) is 5.82 Å². The fraction of sp³-hybridized carbons (Fsp3) is 0.333. The number of aryl methyl sites for hydroxylation is 2. The summed E-state index contributed by atoms with van der Waals surface area (Å²) in [5, 5.41) is 8.11. The predicted octanol–water partition coefficient (Wildman–Crippen LogP) is 3.21. The first-order chi connectivity index (χ1) is 9.65. The molecule has 104 valence electrons. The van der Waals surface area contributed by atoms with E-state index in [9.17, 15) is 0 Å². The van der Waals surface area contributed by atoms with Crippen molar-refractivity contribution in [3.63, 3.8) is 0 Å². The number of aromatic nitrogens is 4. The zero-order chi connectivity index (χ0) is 14.1. The highest BCUT2D eigenvalue weighted by atomic mass is 35.5. The maximum Gasteiger partial charge on any atom is 0.245 e. The van der Waals surface area contributed by atoms with E-state index in [-0.39, 0.29) is 5.28 Å². The van der Waals surface area contributed by atoms with Crippen molar-refractivity contribution in [1.82, 2.24) is 20.1 Å². The molecule has 0 aromatic carbocycles. The molecule has 0 fully saturated rings. The van der Waals surface area contributed by atoms with Crippen LogP contribution in [0.2, 0.25) is 5.28 Å². The van der Waals surface area contributed by atoms with E-state index in [2.05, 4.69) is 38.4 Å². The van der Waals surface area contributed by atoms with Crippen molar-refractivity contribution in [3.8, 4) is 0 Å². The lowest BCUT2D eigenvalue weighted by Crippen LogP contribution is -2.02. The standard InChI is InChI=1S/C12H12ClN5OS/c1-3-7-4-8-10(16-12(13)17-11(8)20-7)14-5-9-15-6(2)18-19-9/h4H,3,5H2,1-2H3,(H,14,16,17). The Bertz CT molecular complexity index is 753. The summed E-state index contributed by atoms with van der Waals surface area (Å²) in [4.78, 5) is 14.7. The molecular weight excluding hydrogens is 298 g/mol. The lowest BCUT2D eigenvalue weighted by Gasteiger charge is -2.04. The molecule has 8 heteroatoms. The van der Waals surface area contributed by atoms with Crippen LogP contribution in [-0.4, -0.2) is 20.1 Å². The SMILES string of the molecule is CCc1cc2c(NCc3nc(C)no3)nc(Cl)nc2s1. The van der Waals surface area contributed by atoms with Gasteiger partial charge in [-0.25, -0.2) is 9.97 Å². The summed E-state index contributed by atoms with van der Waals surface area (Å²) in [6, 6.07) is 2.08. The molecule has 20 heavy (non-hydrogen) atoms. The number of nitrogens with one attached hydrogen (secondary N) is 1.